The van der Waals surface area contributed by atoms with Crippen LogP contribution in [0.15, 0.2) is 4.90 Å². The monoisotopic (exact) mass is 315 g/mol. The second kappa shape index (κ2) is 6.15. The molecule has 0 aliphatic carbocycles. The van der Waals surface area contributed by atoms with Gasteiger partial charge in [0.1, 0.15) is 4.90 Å². The number of rotatable bonds is 5. The van der Waals surface area contributed by atoms with E-state index in [1.807, 2.05) is 0 Å². The SMILES string of the molecule is Cc1n[nH]c(C)c1S(=O)(=O)N1CCCCC1CCC(=O)O. The van der Waals surface area contributed by atoms with Crippen molar-refractivity contribution >= 4 is 16.0 Å². The van der Waals surface area contributed by atoms with Crippen molar-refractivity contribution in [2.24, 2.45) is 0 Å². The number of aromatic amines is 1. The maximum Gasteiger partial charge on any atom is 0.303 e. The number of hydrogen-bond acceptors (Lipinski definition) is 4. The first-order valence-electron chi connectivity index (χ1n) is 7.09. The van der Waals surface area contributed by atoms with Gasteiger partial charge in [-0.2, -0.15) is 9.40 Å². The van der Waals surface area contributed by atoms with E-state index in [2.05, 4.69) is 10.2 Å². The van der Waals surface area contributed by atoms with Gasteiger partial charge in [0.05, 0.1) is 11.4 Å². The van der Waals surface area contributed by atoms with Crippen LogP contribution in [0.3, 0.4) is 0 Å². The summed E-state index contributed by atoms with van der Waals surface area (Å²) in [7, 11) is -3.63. The molecule has 0 spiro atoms. The molecule has 1 unspecified atom stereocenters. The molecule has 1 aromatic rings. The topological polar surface area (TPSA) is 103 Å². The number of nitrogens with one attached hydrogen (secondary N) is 1. The van der Waals surface area contributed by atoms with Crippen molar-refractivity contribution < 1.29 is 18.3 Å². The number of nitrogens with zero attached hydrogens (tertiary/aromatic N) is 2. The number of carboxylic acids is 1. The molecule has 2 heterocycles. The summed E-state index contributed by atoms with van der Waals surface area (Å²) in [6.45, 7) is 3.78. The minimum absolute atomic E-state index is 0.0139. The summed E-state index contributed by atoms with van der Waals surface area (Å²) in [6, 6.07) is -0.242. The Balaban J connectivity index is 2.30. The summed E-state index contributed by atoms with van der Waals surface area (Å²) in [4.78, 5) is 11.0. The number of aromatic nitrogens is 2. The van der Waals surface area contributed by atoms with Gasteiger partial charge in [-0.3, -0.25) is 9.89 Å². The lowest BCUT2D eigenvalue weighted by molar-refractivity contribution is -0.137. The van der Waals surface area contributed by atoms with E-state index in [4.69, 9.17) is 5.11 Å². The molecule has 2 rings (SSSR count). The molecule has 0 saturated carbocycles. The fraction of sp³-hybridized carbons (Fsp3) is 0.692. The molecule has 0 bridgehead atoms. The molecule has 2 N–H and O–H groups in total. The zero-order chi connectivity index (χ0) is 15.6. The maximum atomic E-state index is 12.9. The third-order valence-electron chi connectivity index (χ3n) is 3.89. The third-order valence-corrected chi connectivity index (χ3v) is 6.11. The molecule has 1 aliphatic heterocycles. The Labute approximate surface area is 124 Å². The maximum absolute atomic E-state index is 12.9. The summed E-state index contributed by atoms with van der Waals surface area (Å²) in [5, 5.41) is 15.5. The second-order valence-electron chi connectivity index (χ2n) is 5.46. The highest BCUT2D eigenvalue weighted by Gasteiger charge is 2.36. The first kappa shape index (κ1) is 16.0. The summed E-state index contributed by atoms with van der Waals surface area (Å²) < 4.78 is 27.2. The quantitative estimate of drug-likeness (QED) is 0.855. The molecule has 8 heteroatoms. The van der Waals surface area contributed by atoms with E-state index in [9.17, 15) is 13.2 Å². The average molecular weight is 315 g/mol. The lowest BCUT2D eigenvalue weighted by Crippen LogP contribution is -2.44. The molecule has 0 amide bonds. The number of hydrogen-bond donors (Lipinski definition) is 2. The van der Waals surface area contributed by atoms with Crippen LogP contribution in [0.2, 0.25) is 0 Å². The van der Waals surface area contributed by atoms with Crippen molar-refractivity contribution in [2.75, 3.05) is 6.54 Å². The largest absolute Gasteiger partial charge is 0.481 e. The fourth-order valence-corrected chi connectivity index (χ4v) is 4.97. The summed E-state index contributed by atoms with van der Waals surface area (Å²) in [5.74, 6) is -0.895. The molecule has 0 radical (unpaired) electrons. The van der Waals surface area contributed by atoms with Crippen molar-refractivity contribution in [3.05, 3.63) is 11.4 Å². The van der Waals surface area contributed by atoms with E-state index in [-0.39, 0.29) is 17.4 Å². The highest BCUT2D eigenvalue weighted by Crippen LogP contribution is 2.30. The van der Waals surface area contributed by atoms with Gasteiger partial charge in [-0.25, -0.2) is 8.42 Å². The van der Waals surface area contributed by atoms with Gasteiger partial charge in [0.2, 0.25) is 10.0 Å². The van der Waals surface area contributed by atoms with Crippen molar-refractivity contribution in [3.63, 3.8) is 0 Å². The number of H-pyrrole nitrogens is 1. The zero-order valence-electron chi connectivity index (χ0n) is 12.3. The molecule has 118 valence electrons. The van der Waals surface area contributed by atoms with Crippen LogP contribution in [0.1, 0.15) is 43.5 Å². The van der Waals surface area contributed by atoms with Gasteiger partial charge in [-0.15, -0.1) is 0 Å². The Morgan fingerprint density at radius 3 is 2.71 bits per heavy atom. The number of carboxylic acid groups (broad SMARTS) is 1. The Bertz CT molecular complexity index is 604. The van der Waals surface area contributed by atoms with E-state index >= 15 is 0 Å². The summed E-state index contributed by atoms with van der Waals surface area (Å²) >= 11 is 0. The Morgan fingerprint density at radius 2 is 2.14 bits per heavy atom. The van der Waals surface area contributed by atoms with E-state index < -0.39 is 16.0 Å². The van der Waals surface area contributed by atoms with E-state index in [1.54, 1.807) is 13.8 Å². The average Bonchev–Trinajstić information content (AvgIpc) is 2.76. The Kier molecular flexibility index (Phi) is 4.67. The smallest absolute Gasteiger partial charge is 0.303 e. The van der Waals surface area contributed by atoms with E-state index in [1.165, 1.54) is 4.31 Å². The van der Waals surface area contributed by atoms with Gasteiger partial charge in [0, 0.05) is 19.0 Å². The zero-order valence-corrected chi connectivity index (χ0v) is 13.1. The highest BCUT2D eigenvalue weighted by atomic mass is 32.2. The standard InChI is InChI=1S/C13H21N3O4S/c1-9-13(10(2)15-14-9)21(19,20)16-8-4-3-5-11(16)6-7-12(17)18/h11H,3-8H2,1-2H3,(H,14,15)(H,17,18). The van der Waals surface area contributed by atoms with E-state index in [0.717, 1.165) is 12.8 Å². The number of aliphatic carboxylic acids is 1. The summed E-state index contributed by atoms with van der Waals surface area (Å²) in [6.07, 6.45) is 2.78. The number of piperidine rings is 1. The lowest BCUT2D eigenvalue weighted by atomic mass is 10.0. The van der Waals surface area contributed by atoms with E-state index in [0.29, 0.717) is 30.8 Å². The Morgan fingerprint density at radius 1 is 1.43 bits per heavy atom. The van der Waals surface area contributed by atoms with Crippen LogP contribution >= 0.6 is 0 Å². The first-order chi connectivity index (χ1) is 9.84. The number of aryl methyl sites for hydroxylation is 2. The van der Waals surface area contributed by atoms with Crippen molar-refractivity contribution in [2.45, 2.75) is 56.9 Å². The molecule has 21 heavy (non-hydrogen) atoms. The predicted octanol–water partition coefficient (Wildman–Crippen LogP) is 1.43. The van der Waals surface area contributed by atoms with Crippen LogP contribution in [0.4, 0.5) is 0 Å². The molecule has 7 nitrogen and oxygen atoms in total. The second-order valence-corrected chi connectivity index (χ2v) is 7.29. The van der Waals surface area contributed by atoms with Crippen LogP contribution in [-0.4, -0.2) is 46.6 Å². The molecule has 1 fully saturated rings. The minimum atomic E-state index is -3.63. The first-order valence-corrected chi connectivity index (χ1v) is 8.53. The molecule has 1 atom stereocenters. The summed E-state index contributed by atoms with van der Waals surface area (Å²) in [5.41, 5.74) is 0.977. The van der Waals surface area contributed by atoms with Crippen LogP contribution in [0, 0.1) is 13.8 Å². The van der Waals surface area contributed by atoms with Gasteiger partial charge >= 0.3 is 5.97 Å². The van der Waals surface area contributed by atoms with Gasteiger partial charge in [-0.1, -0.05) is 6.42 Å². The molecule has 1 aliphatic rings. The van der Waals surface area contributed by atoms with Gasteiger partial charge < -0.3 is 5.11 Å². The molecular weight excluding hydrogens is 294 g/mol. The van der Waals surface area contributed by atoms with Crippen molar-refractivity contribution in [1.82, 2.24) is 14.5 Å². The van der Waals surface area contributed by atoms with Crippen LogP contribution < -0.4 is 0 Å². The Hall–Kier alpha value is -1.41. The molecule has 1 aromatic heterocycles. The van der Waals surface area contributed by atoms with Crippen LogP contribution in [0.25, 0.3) is 0 Å². The third kappa shape index (κ3) is 3.26. The minimum Gasteiger partial charge on any atom is -0.481 e. The predicted molar refractivity (Wildman–Crippen MR) is 76.5 cm³/mol. The molecular formula is C13H21N3O4S. The van der Waals surface area contributed by atoms with Gasteiger partial charge in [0.25, 0.3) is 0 Å². The number of sulfonamides is 1. The van der Waals surface area contributed by atoms with Crippen molar-refractivity contribution in [1.29, 1.82) is 0 Å². The van der Waals surface area contributed by atoms with Gasteiger partial charge in [0.15, 0.2) is 0 Å². The van der Waals surface area contributed by atoms with Crippen LogP contribution in [0.5, 0.6) is 0 Å². The highest BCUT2D eigenvalue weighted by molar-refractivity contribution is 7.89. The van der Waals surface area contributed by atoms with Gasteiger partial charge in [-0.05, 0) is 33.1 Å². The molecule has 0 aromatic carbocycles. The normalized spacial score (nSPS) is 20.6. The fourth-order valence-electron chi connectivity index (χ4n) is 2.91. The number of carbonyl (C=O) groups is 1. The van der Waals surface area contributed by atoms with Crippen molar-refractivity contribution in [3.8, 4) is 0 Å². The lowest BCUT2D eigenvalue weighted by Gasteiger charge is -2.34. The molecule has 1 saturated heterocycles. The van der Waals surface area contributed by atoms with Crippen LogP contribution in [-0.2, 0) is 14.8 Å².